The van der Waals surface area contributed by atoms with Crippen molar-refractivity contribution in [3.63, 3.8) is 0 Å². The summed E-state index contributed by atoms with van der Waals surface area (Å²) in [7, 11) is 1.90. The van der Waals surface area contributed by atoms with E-state index in [4.69, 9.17) is 11.6 Å². The lowest BCUT2D eigenvalue weighted by Gasteiger charge is -2.16. The van der Waals surface area contributed by atoms with E-state index in [9.17, 15) is 4.39 Å². The SMILES string of the molecule is CNC(c1cc2c(s1)CCCCC2)c1cc(F)ccc1Cl. The minimum atomic E-state index is -0.243. The highest BCUT2D eigenvalue weighted by Crippen LogP contribution is 2.36. The van der Waals surface area contributed by atoms with Crippen molar-refractivity contribution in [1.29, 1.82) is 0 Å². The largest absolute Gasteiger partial charge is 0.309 e. The molecular formula is C17H19ClFNS. The van der Waals surface area contributed by atoms with Crippen molar-refractivity contribution < 1.29 is 4.39 Å². The molecule has 0 saturated carbocycles. The Kier molecular flexibility index (Phi) is 4.63. The van der Waals surface area contributed by atoms with Gasteiger partial charge in [-0.3, -0.25) is 0 Å². The molecule has 112 valence electrons. The van der Waals surface area contributed by atoms with E-state index in [1.165, 1.54) is 59.6 Å². The molecule has 21 heavy (non-hydrogen) atoms. The van der Waals surface area contributed by atoms with Crippen molar-refractivity contribution >= 4 is 22.9 Å². The van der Waals surface area contributed by atoms with Crippen LogP contribution in [0.5, 0.6) is 0 Å². The van der Waals surface area contributed by atoms with E-state index in [0.29, 0.717) is 5.02 Å². The summed E-state index contributed by atoms with van der Waals surface area (Å²) in [5.41, 5.74) is 2.29. The van der Waals surface area contributed by atoms with Gasteiger partial charge in [0, 0.05) is 14.8 Å². The summed E-state index contributed by atoms with van der Waals surface area (Å²) < 4.78 is 13.6. The standard InChI is InChI=1S/C17H19ClFNS/c1-20-17(13-10-12(19)7-8-14(13)18)16-9-11-5-3-2-4-6-15(11)21-16/h7-10,17,20H,2-6H2,1H3. The molecule has 4 heteroatoms. The average Bonchev–Trinajstić information content (AvgIpc) is 2.74. The van der Waals surface area contributed by atoms with Crippen LogP contribution in [0.15, 0.2) is 24.3 Å². The van der Waals surface area contributed by atoms with Gasteiger partial charge >= 0.3 is 0 Å². The third kappa shape index (κ3) is 3.15. The molecule has 1 atom stereocenters. The van der Waals surface area contributed by atoms with E-state index in [0.717, 1.165) is 5.56 Å². The van der Waals surface area contributed by atoms with E-state index < -0.39 is 0 Å². The molecule has 3 rings (SSSR count). The highest BCUT2D eigenvalue weighted by molar-refractivity contribution is 7.12. The van der Waals surface area contributed by atoms with Gasteiger partial charge in [0.25, 0.3) is 0 Å². The number of benzene rings is 1. The summed E-state index contributed by atoms with van der Waals surface area (Å²) in [6.07, 6.45) is 6.21. The molecule has 0 spiro atoms. The molecule has 0 saturated heterocycles. The third-order valence-electron chi connectivity index (χ3n) is 4.11. The van der Waals surface area contributed by atoms with Gasteiger partial charge < -0.3 is 5.32 Å². The lowest BCUT2D eigenvalue weighted by molar-refractivity contribution is 0.618. The predicted molar refractivity (Wildman–Crippen MR) is 87.9 cm³/mol. The first-order chi connectivity index (χ1) is 10.2. The maximum Gasteiger partial charge on any atom is 0.123 e. The monoisotopic (exact) mass is 323 g/mol. The Labute approximate surface area is 134 Å². The molecule has 0 amide bonds. The van der Waals surface area contributed by atoms with Crippen LogP contribution in [0.1, 0.15) is 46.2 Å². The summed E-state index contributed by atoms with van der Waals surface area (Å²) >= 11 is 8.12. The van der Waals surface area contributed by atoms with Crippen LogP contribution < -0.4 is 5.32 Å². The highest BCUT2D eigenvalue weighted by atomic mass is 35.5. The molecule has 0 radical (unpaired) electrons. The first-order valence-corrected chi connectivity index (χ1v) is 8.62. The Morgan fingerprint density at radius 1 is 1.19 bits per heavy atom. The van der Waals surface area contributed by atoms with Crippen LogP contribution in [-0.4, -0.2) is 7.05 Å². The molecule has 0 aliphatic heterocycles. The summed E-state index contributed by atoms with van der Waals surface area (Å²) in [4.78, 5) is 2.73. The zero-order valence-corrected chi connectivity index (χ0v) is 13.7. The number of nitrogens with one attached hydrogen (secondary N) is 1. The van der Waals surface area contributed by atoms with Gasteiger partial charge in [0.2, 0.25) is 0 Å². The van der Waals surface area contributed by atoms with E-state index in [1.54, 1.807) is 6.07 Å². The second-order valence-corrected chi connectivity index (χ2v) is 7.12. The summed E-state index contributed by atoms with van der Waals surface area (Å²) in [5, 5.41) is 3.90. The van der Waals surface area contributed by atoms with Crippen molar-refractivity contribution in [3.05, 3.63) is 56.0 Å². The third-order valence-corrected chi connectivity index (χ3v) is 5.75. The van der Waals surface area contributed by atoms with Gasteiger partial charge in [-0.1, -0.05) is 18.0 Å². The normalized spacial score (nSPS) is 16.3. The van der Waals surface area contributed by atoms with Crippen molar-refractivity contribution in [2.24, 2.45) is 0 Å². The predicted octanol–water partition coefficient (Wildman–Crippen LogP) is 5.12. The maximum absolute atomic E-state index is 13.6. The van der Waals surface area contributed by atoms with Gasteiger partial charge in [0.1, 0.15) is 5.82 Å². The summed E-state index contributed by atoms with van der Waals surface area (Å²) in [6.45, 7) is 0. The molecule has 1 heterocycles. The number of halogens is 2. The Hall–Kier alpha value is -0.900. The minimum Gasteiger partial charge on any atom is -0.309 e. The molecule has 0 bridgehead atoms. The van der Waals surface area contributed by atoms with E-state index in [1.807, 2.05) is 18.4 Å². The van der Waals surface area contributed by atoms with Crippen molar-refractivity contribution in [3.8, 4) is 0 Å². The molecule has 2 aromatic rings. The van der Waals surface area contributed by atoms with Crippen LogP contribution in [-0.2, 0) is 12.8 Å². The molecule has 0 fully saturated rings. The van der Waals surface area contributed by atoms with Gasteiger partial charge in [-0.05, 0) is 68.1 Å². The fourth-order valence-electron chi connectivity index (χ4n) is 3.02. The molecule has 1 N–H and O–H groups in total. The van der Waals surface area contributed by atoms with E-state index in [-0.39, 0.29) is 11.9 Å². The Morgan fingerprint density at radius 3 is 2.81 bits per heavy atom. The fraction of sp³-hybridized carbons (Fsp3) is 0.412. The number of rotatable bonds is 3. The lowest BCUT2D eigenvalue weighted by atomic mass is 10.0. The van der Waals surface area contributed by atoms with Gasteiger partial charge in [-0.15, -0.1) is 11.3 Å². The molecule has 1 nitrogen and oxygen atoms in total. The topological polar surface area (TPSA) is 12.0 Å². The smallest absolute Gasteiger partial charge is 0.123 e. The Balaban J connectivity index is 1.98. The van der Waals surface area contributed by atoms with Crippen molar-refractivity contribution in [2.75, 3.05) is 7.05 Å². The van der Waals surface area contributed by atoms with E-state index >= 15 is 0 Å². The molecule has 1 aromatic carbocycles. The van der Waals surface area contributed by atoms with Crippen molar-refractivity contribution in [2.45, 2.75) is 38.1 Å². The number of hydrogen-bond donors (Lipinski definition) is 1. The highest BCUT2D eigenvalue weighted by Gasteiger charge is 2.21. The van der Waals surface area contributed by atoms with Crippen LogP contribution >= 0.6 is 22.9 Å². The minimum absolute atomic E-state index is 0.0369. The first-order valence-electron chi connectivity index (χ1n) is 7.42. The van der Waals surface area contributed by atoms with E-state index in [2.05, 4.69) is 11.4 Å². The van der Waals surface area contributed by atoms with Crippen LogP contribution in [0, 0.1) is 5.82 Å². The first kappa shape index (κ1) is 15.0. The second kappa shape index (κ2) is 6.47. The van der Waals surface area contributed by atoms with Gasteiger partial charge in [0.05, 0.1) is 6.04 Å². The van der Waals surface area contributed by atoms with Crippen LogP contribution in [0.3, 0.4) is 0 Å². The molecular weight excluding hydrogens is 305 g/mol. The summed E-state index contributed by atoms with van der Waals surface area (Å²) in [5.74, 6) is -0.243. The fourth-order valence-corrected chi connectivity index (χ4v) is 4.63. The molecule has 1 unspecified atom stereocenters. The Bertz CT molecular complexity index is 614. The molecule has 1 aromatic heterocycles. The van der Waals surface area contributed by atoms with Crippen LogP contribution in [0.4, 0.5) is 4.39 Å². The zero-order valence-electron chi connectivity index (χ0n) is 12.1. The molecule has 1 aliphatic rings. The second-order valence-electron chi connectivity index (χ2n) is 5.55. The maximum atomic E-state index is 13.6. The number of thiophene rings is 1. The quantitative estimate of drug-likeness (QED) is 0.773. The van der Waals surface area contributed by atoms with Gasteiger partial charge in [-0.2, -0.15) is 0 Å². The van der Waals surface area contributed by atoms with Crippen LogP contribution in [0.2, 0.25) is 5.02 Å². The van der Waals surface area contributed by atoms with Gasteiger partial charge in [-0.25, -0.2) is 4.39 Å². The van der Waals surface area contributed by atoms with Crippen molar-refractivity contribution in [1.82, 2.24) is 5.32 Å². The number of aryl methyl sites for hydroxylation is 2. The Morgan fingerprint density at radius 2 is 2.00 bits per heavy atom. The lowest BCUT2D eigenvalue weighted by Crippen LogP contribution is -2.17. The average molecular weight is 324 g/mol. The van der Waals surface area contributed by atoms with Gasteiger partial charge in [0.15, 0.2) is 0 Å². The van der Waals surface area contributed by atoms with Crippen LogP contribution in [0.25, 0.3) is 0 Å². The summed E-state index contributed by atoms with van der Waals surface area (Å²) in [6, 6.07) is 6.82. The zero-order chi connectivity index (χ0) is 14.8. The number of hydrogen-bond acceptors (Lipinski definition) is 2. The molecule has 1 aliphatic carbocycles. The number of fused-ring (bicyclic) bond motifs is 1.